The zero-order chi connectivity index (χ0) is 19.2. The molecule has 1 unspecified atom stereocenters. The lowest BCUT2D eigenvalue weighted by Gasteiger charge is -2.32. The summed E-state index contributed by atoms with van der Waals surface area (Å²) >= 11 is 0. The van der Waals surface area contributed by atoms with Gasteiger partial charge < -0.3 is 14.8 Å². The molecule has 0 saturated carbocycles. The van der Waals surface area contributed by atoms with E-state index in [2.05, 4.69) is 10.2 Å². The van der Waals surface area contributed by atoms with Crippen molar-refractivity contribution < 1.29 is 18.3 Å². The minimum atomic E-state index is -0.572. The van der Waals surface area contributed by atoms with E-state index < -0.39 is 11.6 Å². The molecular formula is C21H26F2N2O2. The van der Waals surface area contributed by atoms with Crippen LogP contribution in [0.4, 0.5) is 8.78 Å². The molecule has 0 amide bonds. The summed E-state index contributed by atoms with van der Waals surface area (Å²) in [6.07, 6.45) is 0.966. The molecule has 0 aromatic heterocycles. The maximum Gasteiger partial charge on any atom is 0.161 e. The van der Waals surface area contributed by atoms with Crippen LogP contribution in [-0.4, -0.2) is 44.8 Å². The van der Waals surface area contributed by atoms with Crippen molar-refractivity contribution in [3.05, 3.63) is 59.2 Å². The first-order valence-corrected chi connectivity index (χ1v) is 9.34. The van der Waals surface area contributed by atoms with E-state index in [-0.39, 0.29) is 6.04 Å². The van der Waals surface area contributed by atoms with Crippen molar-refractivity contribution in [1.29, 1.82) is 0 Å². The Balaban J connectivity index is 2.06. The van der Waals surface area contributed by atoms with Gasteiger partial charge in [0.05, 0.1) is 19.8 Å². The van der Waals surface area contributed by atoms with Crippen LogP contribution in [0.3, 0.4) is 0 Å². The summed E-state index contributed by atoms with van der Waals surface area (Å²) in [7, 11) is 1.59. The van der Waals surface area contributed by atoms with Crippen LogP contribution in [0.15, 0.2) is 36.4 Å². The van der Waals surface area contributed by atoms with E-state index in [0.717, 1.165) is 44.2 Å². The number of hydrogen-bond donors (Lipinski definition) is 1. The van der Waals surface area contributed by atoms with Crippen molar-refractivity contribution in [3.63, 3.8) is 0 Å². The average molecular weight is 376 g/mol. The van der Waals surface area contributed by atoms with Gasteiger partial charge in [0.15, 0.2) is 11.5 Å². The maximum atomic E-state index is 14.7. The van der Waals surface area contributed by atoms with Gasteiger partial charge in [-0.05, 0) is 43.7 Å². The van der Waals surface area contributed by atoms with E-state index in [1.807, 2.05) is 25.1 Å². The van der Waals surface area contributed by atoms with Crippen molar-refractivity contribution in [2.45, 2.75) is 19.4 Å². The summed E-state index contributed by atoms with van der Waals surface area (Å²) in [4.78, 5) is 2.23. The fourth-order valence-corrected chi connectivity index (χ4v) is 3.56. The van der Waals surface area contributed by atoms with Gasteiger partial charge in [-0.3, -0.25) is 4.90 Å². The zero-order valence-electron chi connectivity index (χ0n) is 15.8. The average Bonchev–Trinajstić information content (AvgIpc) is 2.94. The highest BCUT2D eigenvalue weighted by atomic mass is 19.1. The molecule has 1 aliphatic heterocycles. The molecule has 1 heterocycles. The molecule has 1 aliphatic rings. The molecule has 0 radical (unpaired) electrons. The summed E-state index contributed by atoms with van der Waals surface area (Å²) < 4.78 is 39.2. The number of benzene rings is 2. The van der Waals surface area contributed by atoms with Crippen LogP contribution in [0.2, 0.25) is 0 Å². The summed E-state index contributed by atoms with van der Waals surface area (Å²) in [5.74, 6) is 0.149. The molecule has 1 saturated heterocycles. The molecule has 3 rings (SSSR count). The van der Waals surface area contributed by atoms with E-state index >= 15 is 0 Å². The molecule has 146 valence electrons. The molecule has 0 aliphatic carbocycles. The highest BCUT2D eigenvalue weighted by molar-refractivity contribution is 5.46. The monoisotopic (exact) mass is 376 g/mol. The van der Waals surface area contributed by atoms with Gasteiger partial charge in [0.2, 0.25) is 0 Å². The lowest BCUT2D eigenvalue weighted by Crippen LogP contribution is -2.33. The molecule has 2 aromatic carbocycles. The molecule has 1 fully saturated rings. The van der Waals surface area contributed by atoms with Crippen LogP contribution in [-0.2, 0) is 0 Å². The zero-order valence-corrected chi connectivity index (χ0v) is 15.8. The van der Waals surface area contributed by atoms with Crippen LogP contribution in [0.5, 0.6) is 11.5 Å². The number of nitrogens with zero attached hydrogens (tertiary/aromatic N) is 1. The topological polar surface area (TPSA) is 33.7 Å². The molecule has 1 N–H and O–H groups in total. The van der Waals surface area contributed by atoms with Crippen molar-refractivity contribution in [2.24, 2.45) is 0 Å². The van der Waals surface area contributed by atoms with Gasteiger partial charge in [0.25, 0.3) is 0 Å². The van der Waals surface area contributed by atoms with E-state index in [4.69, 9.17) is 9.47 Å². The number of hydrogen-bond acceptors (Lipinski definition) is 4. The summed E-state index contributed by atoms with van der Waals surface area (Å²) in [5.41, 5.74) is 1.35. The Bertz CT molecular complexity index is 762. The lowest BCUT2D eigenvalue weighted by atomic mass is 9.95. The second-order valence-electron chi connectivity index (χ2n) is 6.55. The normalized spacial score (nSPS) is 16.6. The van der Waals surface area contributed by atoms with E-state index in [1.165, 1.54) is 12.1 Å². The number of methoxy groups -OCH3 is 1. The smallest absolute Gasteiger partial charge is 0.161 e. The number of ether oxygens (including phenoxy) is 2. The minimum absolute atomic E-state index is 0.324. The Morgan fingerprint density at radius 1 is 1.07 bits per heavy atom. The van der Waals surface area contributed by atoms with Crippen LogP contribution < -0.4 is 14.8 Å². The van der Waals surface area contributed by atoms with Crippen molar-refractivity contribution in [3.8, 4) is 11.5 Å². The SMILES string of the molecule is CCOc1ccc(C(c2ccc(F)cc2F)N2CCCNCC2)cc1OC. The highest BCUT2D eigenvalue weighted by Crippen LogP contribution is 2.36. The second-order valence-corrected chi connectivity index (χ2v) is 6.55. The van der Waals surface area contributed by atoms with Crippen molar-refractivity contribution >= 4 is 0 Å². The Labute approximate surface area is 159 Å². The van der Waals surface area contributed by atoms with Gasteiger partial charge in [0, 0.05) is 31.3 Å². The predicted molar refractivity (Wildman–Crippen MR) is 101 cm³/mol. The molecule has 2 aromatic rings. The largest absolute Gasteiger partial charge is 0.493 e. The highest BCUT2D eigenvalue weighted by Gasteiger charge is 2.27. The second kappa shape index (κ2) is 9.15. The van der Waals surface area contributed by atoms with Gasteiger partial charge in [-0.25, -0.2) is 8.78 Å². The van der Waals surface area contributed by atoms with E-state index in [1.54, 1.807) is 7.11 Å². The molecule has 4 nitrogen and oxygen atoms in total. The number of halogens is 2. The van der Waals surface area contributed by atoms with Gasteiger partial charge in [0.1, 0.15) is 11.6 Å². The molecule has 1 atom stereocenters. The standard InChI is InChI=1S/C21H26F2N2O2/c1-3-27-19-8-5-15(13-20(19)26-2)21(25-11-4-9-24-10-12-25)17-7-6-16(22)14-18(17)23/h5-8,13-14,21,24H,3-4,9-12H2,1-2H3. The first kappa shape index (κ1) is 19.6. The van der Waals surface area contributed by atoms with Crippen LogP contribution >= 0.6 is 0 Å². The van der Waals surface area contributed by atoms with Crippen molar-refractivity contribution in [2.75, 3.05) is 39.9 Å². The van der Waals surface area contributed by atoms with Crippen molar-refractivity contribution in [1.82, 2.24) is 10.2 Å². The minimum Gasteiger partial charge on any atom is -0.493 e. The van der Waals surface area contributed by atoms with Gasteiger partial charge >= 0.3 is 0 Å². The van der Waals surface area contributed by atoms with E-state index in [0.29, 0.717) is 23.7 Å². The Hall–Kier alpha value is -2.18. The lowest BCUT2D eigenvalue weighted by molar-refractivity contribution is 0.235. The van der Waals surface area contributed by atoms with Gasteiger partial charge in [-0.1, -0.05) is 12.1 Å². The van der Waals surface area contributed by atoms with Gasteiger partial charge in [-0.2, -0.15) is 0 Å². The Morgan fingerprint density at radius 2 is 1.93 bits per heavy atom. The van der Waals surface area contributed by atoms with Crippen LogP contribution in [0.25, 0.3) is 0 Å². The third-order valence-corrected chi connectivity index (χ3v) is 4.80. The summed E-state index contributed by atoms with van der Waals surface area (Å²) in [6.45, 7) is 5.80. The first-order chi connectivity index (χ1) is 13.1. The van der Waals surface area contributed by atoms with Crippen LogP contribution in [0.1, 0.15) is 30.5 Å². The third-order valence-electron chi connectivity index (χ3n) is 4.80. The predicted octanol–water partition coefficient (Wildman–Crippen LogP) is 3.76. The van der Waals surface area contributed by atoms with Crippen LogP contribution in [0, 0.1) is 11.6 Å². The molecule has 0 bridgehead atoms. The Kier molecular flexibility index (Phi) is 6.63. The molecule has 27 heavy (non-hydrogen) atoms. The third kappa shape index (κ3) is 4.57. The molecule has 0 spiro atoms. The summed E-state index contributed by atoms with van der Waals surface area (Å²) in [5, 5.41) is 3.37. The number of nitrogens with one attached hydrogen (secondary N) is 1. The molecular weight excluding hydrogens is 350 g/mol. The number of rotatable bonds is 6. The Morgan fingerprint density at radius 3 is 2.67 bits per heavy atom. The maximum absolute atomic E-state index is 14.7. The fraction of sp³-hybridized carbons (Fsp3) is 0.429. The molecule has 6 heteroatoms. The summed E-state index contributed by atoms with van der Waals surface area (Å²) in [6, 6.07) is 9.14. The first-order valence-electron chi connectivity index (χ1n) is 9.34. The fourth-order valence-electron chi connectivity index (χ4n) is 3.56. The quantitative estimate of drug-likeness (QED) is 0.832. The van der Waals surface area contributed by atoms with E-state index in [9.17, 15) is 8.78 Å². The van der Waals surface area contributed by atoms with Gasteiger partial charge in [-0.15, -0.1) is 0 Å².